The van der Waals surface area contributed by atoms with Crippen LogP contribution in [0.4, 0.5) is 4.79 Å². The van der Waals surface area contributed by atoms with Crippen molar-refractivity contribution in [3.8, 4) is 0 Å². The van der Waals surface area contributed by atoms with Gasteiger partial charge in [-0.3, -0.25) is 4.79 Å². The van der Waals surface area contributed by atoms with Crippen molar-refractivity contribution in [3.05, 3.63) is 0 Å². The Balaban J connectivity index is 2.08. The number of nitrogens with one attached hydrogen (secondary N) is 2. The number of carbonyl (C=O) groups excluding carboxylic acids is 1. The van der Waals surface area contributed by atoms with Crippen LogP contribution in [0.1, 0.15) is 39.5 Å². The summed E-state index contributed by atoms with van der Waals surface area (Å²) in [6.45, 7) is 4.47. The molecule has 0 saturated heterocycles. The molecular weight excluding hydrogens is 208 g/mol. The van der Waals surface area contributed by atoms with E-state index in [9.17, 15) is 9.59 Å². The molecule has 2 amide bonds. The molecule has 1 rings (SSSR count). The Hall–Kier alpha value is -1.26. The molecule has 0 aromatic carbocycles. The van der Waals surface area contributed by atoms with Gasteiger partial charge in [0.25, 0.3) is 0 Å². The Morgan fingerprint density at radius 2 is 2.06 bits per heavy atom. The molecule has 0 aliphatic heterocycles. The monoisotopic (exact) mass is 228 g/mol. The molecule has 0 radical (unpaired) electrons. The molecule has 0 aromatic heterocycles. The van der Waals surface area contributed by atoms with Crippen LogP contribution in [-0.4, -0.2) is 29.2 Å². The molecule has 0 bridgehead atoms. The maximum absolute atomic E-state index is 11.4. The number of carboxylic acid groups (broad SMARTS) is 1. The van der Waals surface area contributed by atoms with E-state index >= 15 is 0 Å². The van der Waals surface area contributed by atoms with Crippen molar-refractivity contribution < 1.29 is 14.7 Å². The molecule has 5 heteroatoms. The van der Waals surface area contributed by atoms with Gasteiger partial charge in [-0.1, -0.05) is 6.92 Å². The molecule has 1 aliphatic rings. The van der Waals surface area contributed by atoms with Crippen LogP contribution in [0.15, 0.2) is 0 Å². The van der Waals surface area contributed by atoms with Crippen molar-refractivity contribution in [2.24, 2.45) is 5.92 Å². The van der Waals surface area contributed by atoms with Gasteiger partial charge in [-0.25, -0.2) is 4.79 Å². The van der Waals surface area contributed by atoms with E-state index in [-0.39, 0.29) is 23.9 Å². The fourth-order valence-corrected chi connectivity index (χ4v) is 1.37. The molecule has 1 fully saturated rings. The minimum absolute atomic E-state index is 0.00557. The molecule has 0 spiro atoms. The van der Waals surface area contributed by atoms with Gasteiger partial charge in [-0.05, 0) is 32.1 Å². The first kappa shape index (κ1) is 12.8. The summed E-state index contributed by atoms with van der Waals surface area (Å²) < 4.78 is 0. The first-order valence-electron chi connectivity index (χ1n) is 5.69. The fraction of sp³-hybridized carbons (Fsp3) is 0.818. The minimum atomic E-state index is -0.790. The second-order valence-corrected chi connectivity index (χ2v) is 4.93. The summed E-state index contributed by atoms with van der Waals surface area (Å²) in [7, 11) is 0. The molecule has 16 heavy (non-hydrogen) atoms. The van der Waals surface area contributed by atoms with Gasteiger partial charge < -0.3 is 15.7 Å². The Morgan fingerprint density at radius 1 is 1.44 bits per heavy atom. The van der Waals surface area contributed by atoms with Crippen molar-refractivity contribution in [1.29, 1.82) is 0 Å². The second kappa shape index (κ2) is 5.18. The molecule has 1 saturated carbocycles. The van der Waals surface area contributed by atoms with E-state index in [1.54, 1.807) is 0 Å². The molecule has 3 N–H and O–H groups in total. The third-order valence-electron chi connectivity index (χ3n) is 2.88. The second-order valence-electron chi connectivity index (χ2n) is 4.93. The number of urea groups is 1. The van der Waals surface area contributed by atoms with E-state index in [1.165, 1.54) is 0 Å². The lowest BCUT2D eigenvalue weighted by molar-refractivity contribution is -0.137. The lowest BCUT2D eigenvalue weighted by atomic mass is 10.1. The van der Waals surface area contributed by atoms with E-state index in [4.69, 9.17) is 5.11 Å². The number of hydrogen-bond donors (Lipinski definition) is 3. The summed E-state index contributed by atoms with van der Waals surface area (Å²) in [5.74, 6) is -0.601. The number of amides is 2. The topological polar surface area (TPSA) is 78.4 Å². The molecule has 1 atom stereocenters. The van der Waals surface area contributed by atoms with Crippen LogP contribution < -0.4 is 10.6 Å². The highest BCUT2D eigenvalue weighted by molar-refractivity contribution is 5.75. The van der Waals surface area contributed by atoms with Crippen LogP contribution >= 0.6 is 0 Å². The zero-order valence-corrected chi connectivity index (χ0v) is 9.88. The van der Waals surface area contributed by atoms with Crippen molar-refractivity contribution in [3.63, 3.8) is 0 Å². The summed E-state index contributed by atoms with van der Waals surface area (Å²) in [5, 5.41) is 14.1. The normalized spacial score (nSPS) is 18.6. The maximum Gasteiger partial charge on any atom is 0.315 e. The fourth-order valence-electron chi connectivity index (χ4n) is 1.37. The van der Waals surface area contributed by atoms with Gasteiger partial charge >= 0.3 is 12.0 Å². The van der Waals surface area contributed by atoms with Crippen LogP contribution in [0.3, 0.4) is 0 Å². The maximum atomic E-state index is 11.4. The minimum Gasteiger partial charge on any atom is -0.481 e. The lowest BCUT2D eigenvalue weighted by Crippen LogP contribution is -2.43. The molecular formula is C11H20N2O3. The average Bonchev–Trinajstić information content (AvgIpc) is 2.89. The van der Waals surface area contributed by atoms with Crippen molar-refractivity contribution in [2.45, 2.75) is 45.1 Å². The van der Waals surface area contributed by atoms with Gasteiger partial charge in [0.05, 0.1) is 0 Å². The largest absolute Gasteiger partial charge is 0.481 e. The molecule has 1 unspecified atom stereocenters. The van der Waals surface area contributed by atoms with E-state index in [1.807, 2.05) is 13.8 Å². The summed E-state index contributed by atoms with van der Waals surface area (Å²) in [6, 6.07) is -0.151. The summed E-state index contributed by atoms with van der Waals surface area (Å²) in [5.41, 5.74) is -0.00557. The lowest BCUT2D eigenvalue weighted by Gasteiger charge is -2.15. The van der Waals surface area contributed by atoms with Gasteiger partial charge in [0.15, 0.2) is 0 Å². The van der Waals surface area contributed by atoms with Crippen LogP contribution in [0, 0.1) is 5.92 Å². The number of aliphatic carboxylic acids is 1. The Kier molecular flexibility index (Phi) is 4.15. The van der Waals surface area contributed by atoms with Crippen LogP contribution in [-0.2, 0) is 4.79 Å². The first-order chi connectivity index (χ1) is 7.41. The predicted octanol–water partition coefficient (Wildman–Crippen LogP) is 1.34. The zero-order valence-electron chi connectivity index (χ0n) is 9.88. The Bertz CT molecular complexity index is 274. The smallest absolute Gasteiger partial charge is 0.315 e. The van der Waals surface area contributed by atoms with E-state index in [2.05, 4.69) is 10.6 Å². The van der Waals surface area contributed by atoms with E-state index in [0.29, 0.717) is 13.0 Å². The predicted molar refractivity (Wildman–Crippen MR) is 60.2 cm³/mol. The third-order valence-corrected chi connectivity index (χ3v) is 2.88. The van der Waals surface area contributed by atoms with E-state index in [0.717, 1.165) is 12.8 Å². The molecule has 92 valence electrons. The van der Waals surface area contributed by atoms with Gasteiger partial charge in [-0.15, -0.1) is 0 Å². The highest BCUT2D eigenvalue weighted by Crippen LogP contribution is 2.33. The summed E-state index contributed by atoms with van der Waals surface area (Å²) >= 11 is 0. The van der Waals surface area contributed by atoms with Crippen LogP contribution in [0.25, 0.3) is 0 Å². The van der Waals surface area contributed by atoms with Gasteiger partial charge in [-0.2, -0.15) is 0 Å². The van der Waals surface area contributed by atoms with Crippen molar-refractivity contribution in [2.75, 3.05) is 6.54 Å². The number of rotatable bonds is 6. The highest BCUT2D eigenvalue weighted by atomic mass is 16.4. The Labute approximate surface area is 95.6 Å². The third kappa shape index (κ3) is 5.00. The first-order valence-corrected chi connectivity index (χ1v) is 5.69. The Morgan fingerprint density at radius 3 is 2.56 bits per heavy atom. The molecule has 5 nitrogen and oxygen atoms in total. The number of hydrogen-bond acceptors (Lipinski definition) is 2. The summed E-state index contributed by atoms with van der Waals surface area (Å²) in [4.78, 5) is 21.7. The van der Waals surface area contributed by atoms with Gasteiger partial charge in [0.2, 0.25) is 0 Å². The molecule has 1 aliphatic carbocycles. The van der Waals surface area contributed by atoms with Crippen molar-refractivity contribution in [1.82, 2.24) is 10.6 Å². The van der Waals surface area contributed by atoms with Gasteiger partial charge in [0.1, 0.15) is 0 Å². The van der Waals surface area contributed by atoms with Crippen LogP contribution in [0.5, 0.6) is 0 Å². The highest BCUT2D eigenvalue weighted by Gasteiger charge is 2.38. The van der Waals surface area contributed by atoms with Crippen LogP contribution in [0.2, 0.25) is 0 Å². The average molecular weight is 228 g/mol. The zero-order chi connectivity index (χ0) is 12.2. The number of carboxylic acids is 1. The SMILES string of the molecule is CC(CCC(=O)O)CNC(=O)NC1(C)CC1. The summed E-state index contributed by atoms with van der Waals surface area (Å²) in [6.07, 6.45) is 2.82. The molecule has 0 aromatic rings. The standard InChI is InChI=1S/C11H20N2O3/c1-8(3-4-9(14)15)7-12-10(16)13-11(2)5-6-11/h8H,3-7H2,1-2H3,(H,14,15)(H2,12,13,16). The quantitative estimate of drug-likeness (QED) is 0.642. The number of carbonyl (C=O) groups is 2. The molecule has 0 heterocycles. The van der Waals surface area contributed by atoms with Gasteiger partial charge in [0, 0.05) is 18.5 Å². The van der Waals surface area contributed by atoms with Crippen molar-refractivity contribution >= 4 is 12.0 Å². The van der Waals surface area contributed by atoms with E-state index < -0.39 is 5.97 Å².